The molecule has 2 aliphatic heterocycles. The standard InChI is InChI=1S/C25H27F2N5O3S/c1-35-15-7-17-16(19(27)11-29-24(17)18(26)8-15)2-4-32-5-3-20(22(33)12-32)28-9-14-6-21-25(30-10-14)36-13-23(34)31-21/h6-8,10-11,20,22,28,33H,2-5,9,12-13H2,1H3,(H,31,34)/t20-,22-/m0/s1. The third-order valence-electron chi connectivity index (χ3n) is 6.63. The van der Waals surface area contributed by atoms with Crippen LogP contribution in [0.15, 0.2) is 35.6 Å². The first-order valence-electron chi connectivity index (χ1n) is 11.8. The summed E-state index contributed by atoms with van der Waals surface area (Å²) >= 11 is 1.42. The molecule has 5 rings (SSSR count). The molecule has 2 atom stereocenters. The molecule has 8 nitrogen and oxygen atoms in total. The number of carbonyl (C=O) groups excluding carboxylic acids is 1. The minimum atomic E-state index is -0.601. The van der Waals surface area contributed by atoms with Crippen LogP contribution in [0.25, 0.3) is 10.9 Å². The van der Waals surface area contributed by atoms with Crippen LogP contribution in [0.2, 0.25) is 0 Å². The van der Waals surface area contributed by atoms with Crippen molar-refractivity contribution in [3.8, 4) is 5.75 Å². The van der Waals surface area contributed by atoms with Gasteiger partial charge >= 0.3 is 0 Å². The fourth-order valence-corrected chi connectivity index (χ4v) is 5.44. The van der Waals surface area contributed by atoms with E-state index < -0.39 is 17.7 Å². The van der Waals surface area contributed by atoms with Crippen molar-refractivity contribution in [2.45, 2.75) is 36.6 Å². The Morgan fingerprint density at radius 3 is 2.92 bits per heavy atom. The number of aliphatic hydroxyl groups excluding tert-OH is 1. The van der Waals surface area contributed by atoms with E-state index in [1.807, 2.05) is 6.07 Å². The number of β-amino-alcohol motifs (C(OH)–C–C–N with tert-alkyl or cyclic N) is 1. The Hall–Kier alpha value is -2.86. The van der Waals surface area contributed by atoms with Crippen LogP contribution < -0.4 is 15.4 Å². The number of ether oxygens (including phenoxy) is 1. The molecule has 11 heteroatoms. The summed E-state index contributed by atoms with van der Waals surface area (Å²) in [6, 6.07) is 4.65. The number of rotatable bonds is 7. The highest BCUT2D eigenvalue weighted by atomic mass is 32.2. The van der Waals surface area contributed by atoms with Gasteiger partial charge in [-0.05, 0) is 37.1 Å². The Morgan fingerprint density at radius 1 is 1.25 bits per heavy atom. The van der Waals surface area contributed by atoms with E-state index in [0.29, 0.717) is 54.9 Å². The van der Waals surface area contributed by atoms with E-state index in [2.05, 4.69) is 25.5 Å². The zero-order valence-corrected chi connectivity index (χ0v) is 20.6. The lowest BCUT2D eigenvalue weighted by atomic mass is 10.00. The van der Waals surface area contributed by atoms with Gasteiger partial charge in [-0.25, -0.2) is 13.8 Å². The van der Waals surface area contributed by atoms with Crippen LogP contribution in [0.3, 0.4) is 0 Å². The van der Waals surface area contributed by atoms with Gasteiger partial charge in [0.2, 0.25) is 5.91 Å². The van der Waals surface area contributed by atoms with Crippen molar-refractivity contribution in [1.29, 1.82) is 0 Å². The number of benzene rings is 1. The van der Waals surface area contributed by atoms with Crippen molar-refractivity contribution in [2.75, 3.05) is 37.8 Å². The lowest BCUT2D eigenvalue weighted by molar-refractivity contribution is -0.113. The van der Waals surface area contributed by atoms with Gasteiger partial charge in [-0.3, -0.25) is 9.78 Å². The number of nitrogens with one attached hydrogen (secondary N) is 2. The van der Waals surface area contributed by atoms with E-state index >= 15 is 0 Å². The molecule has 1 fully saturated rings. The van der Waals surface area contributed by atoms with Crippen LogP contribution in [0.5, 0.6) is 5.75 Å². The number of nitrogens with zero attached hydrogens (tertiary/aromatic N) is 3. The van der Waals surface area contributed by atoms with Gasteiger partial charge in [0.25, 0.3) is 0 Å². The number of thioether (sulfide) groups is 1. The summed E-state index contributed by atoms with van der Waals surface area (Å²) in [5.41, 5.74) is 2.15. The van der Waals surface area contributed by atoms with Crippen LogP contribution in [0.4, 0.5) is 14.5 Å². The molecular weight excluding hydrogens is 488 g/mol. The van der Waals surface area contributed by atoms with E-state index in [4.69, 9.17) is 4.74 Å². The number of pyridine rings is 2. The van der Waals surface area contributed by atoms with E-state index in [1.54, 1.807) is 12.3 Å². The van der Waals surface area contributed by atoms with Crippen molar-refractivity contribution in [2.24, 2.45) is 0 Å². The third kappa shape index (κ3) is 5.29. The van der Waals surface area contributed by atoms with Crippen LogP contribution in [0, 0.1) is 11.6 Å². The Labute approximate surface area is 211 Å². The minimum Gasteiger partial charge on any atom is -0.497 e. The first-order valence-corrected chi connectivity index (χ1v) is 12.8. The van der Waals surface area contributed by atoms with Gasteiger partial charge in [-0.2, -0.15) is 0 Å². The number of methoxy groups -OCH3 is 1. The van der Waals surface area contributed by atoms with Crippen molar-refractivity contribution in [3.63, 3.8) is 0 Å². The molecule has 36 heavy (non-hydrogen) atoms. The number of piperidine rings is 1. The number of aliphatic hydroxyl groups is 1. The van der Waals surface area contributed by atoms with Crippen LogP contribution in [-0.2, 0) is 17.8 Å². The Bertz CT molecular complexity index is 1290. The van der Waals surface area contributed by atoms with Crippen molar-refractivity contribution in [1.82, 2.24) is 20.2 Å². The number of halogens is 2. The fraction of sp³-hybridized carbons (Fsp3) is 0.400. The lowest BCUT2D eigenvalue weighted by Gasteiger charge is -2.36. The Balaban J connectivity index is 1.18. The molecule has 0 spiro atoms. The van der Waals surface area contributed by atoms with E-state index in [-0.39, 0.29) is 17.5 Å². The summed E-state index contributed by atoms with van der Waals surface area (Å²) in [4.78, 5) is 22.0. The molecule has 190 valence electrons. The molecule has 0 bridgehead atoms. The van der Waals surface area contributed by atoms with E-state index in [0.717, 1.165) is 29.0 Å². The highest BCUT2D eigenvalue weighted by Gasteiger charge is 2.28. The summed E-state index contributed by atoms with van der Waals surface area (Å²) in [6.45, 7) is 2.20. The molecule has 0 saturated carbocycles. The maximum absolute atomic E-state index is 14.6. The fourth-order valence-electron chi connectivity index (χ4n) is 4.71. The zero-order valence-electron chi connectivity index (χ0n) is 19.8. The molecule has 0 unspecified atom stereocenters. The Morgan fingerprint density at radius 2 is 2.11 bits per heavy atom. The number of hydrogen-bond donors (Lipinski definition) is 3. The van der Waals surface area contributed by atoms with Crippen LogP contribution in [0.1, 0.15) is 17.5 Å². The van der Waals surface area contributed by atoms with Crippen LogP contribution >= 0.6 is 11.8 Å². The molecule has 2 aromatic heterocycles. The summed E-state index contributed by atoms with van der Waals surface area (Å²) in [6.07, 6.45) is 3.30. The van der Waals surface area contributed by atoms with Crippen molar-refractivity contribution < 1.29 is 23.4 Å². The largest absolute Gasteiger partial charge is 0.497 e. The minimum absolute atomic E-state index is 0.0360. The van der Waals surface area contributed by atoms with Gasteiger partial charge in [-0.1, -0.05) is 11.8 Å². The molecule has 0 aliphatic carbocycles. The van der Waals surface area contributed by atoms with Gasteiger partial charge in [0, 0.05) is 48.9 Å². The number of anilines is 1. The predicted molar refractivity (Wildman–Crippen MR) is 133 cm³/mol. The van der Waals surface area contributed by atoms with Crippen molar-refractivity contribution >= 4 is 34.3 Å². The predicted octanol–water partition coefficient (Wildman–Crippen LogP) is 2.73. The number of aromatic nitrogens is 2. The molecular formula is C25H27F2N5O3S. The van der Waals surface area contributed by atoms with Gasteiger partial charge in [0.15, 0.2) is 5.82 Å². The first-order chi connectivity index (χ1) is 17.4. The zero-order chi connectivity index (χ0) is 25.2. The molecule has 2 aliphatic rings. The SMILES string of the molecule is COc1cc(F)c2ncc(F)c(CCN3CC[C@H](NCc4cnc5c(c4)NC(=O)CS5)[C@@H](O)C3)c2c1. The number of hydrogen-bond acceptors (Lipinski definition) is 8. The molecule has 1 amide bonds. The number of carbonyl (C=O) groups is 1. The molecule has 3 N–H and O–H groups in total. The van der Waals surface area contributed by atoms with E-state index in [9.17, 15) is 18.7 Å². The normalized spacial score (nSPS) is 20.3. The number of likely N-dealkylation sites (tertiary alicyclic amines) is 1. The molecule has 1 aromatic carbocycles. The van der Waals surface area contributed by atoms with E-state index in [1.165, 1.54) is 24.9 Å². The Kier molecular flexibility index (Phi) is 7.33. The maximum Gasteiger partial charge on any atom is 0.234 e. The van der Waals surface area contributed by atoms with Gasteiger partial charge in [0.1, 0.15) is 22.1 Å². The number of fused-ring (bicyclic) bond motifs is 2. The smallest absolute Gasteiger partial charge is 0.234 e. The maximum atomic E-state index is 14.6. The second-order valence-corrected chi connectivity index (χ2v) is 9.98. The average Bonchev–Trinajstić information content (AvgIpc) is 2.87. The quantitative estimate of drug-likeness (QED) is 0.442. The summed E-state index contributed by atoms with van der Waals surface area (Å²) in [5.74, 6) is -0.390. The highest BCUT2D eigenvalue weighted by molar-refractivity contribution is 8.00. The molecule has 1 saturated heterocycles. The molecule has 0 radical (unpaired) electrons. The number of amides is 1. The average molecular weight is 516 g/mol. The van der Waals surface area contributed by atoms with Gasteiger partial charge < -0.3 is 25.4 Å². The van der Waals surface area contributed by atoms with Crippen LogP contribution in [-0.4, -0.2) is 70.5 Å². The van der Waals surface area contributed by atoms with Gasteiger partial charge in [0.05, 0.1) is 30.9 Å². The second kappa shape index (κ2) is 10.6. The highest BCUT2D eigenvalue weighted by Crippen LogP contribution is 2.30. The monoisotopic (exact) mass is 515 g/mol. The summed E-state index contributed by atoms with van der Waals surface area (Å²) in [7, 11) is 1.44. The van der Waals surface area contributed by atoms with Crippen molar-refractivity contribution in [3.05, 3.63) is 53.4 Å². The van der Waals surface area contributed by atoms with Gasteiger partial charge in [-0.15, -0.1) is 0 Å². The first kappa shape index (κ1) is 24.8. The topological polar surface area (TPSA) is 99.6 Å². The second-order valence-electron chi connectivity index (χ2n) is 9.02. The molecule has 3 aromatic rings. The molecule has 4 heterocycles. The lowest BCUT2D eigenvalue weighted by Crippen LogP contribution is -2.52. The summed E-state index contributed by atoms with van der Waals surface area (Å²) < 4.78 is 34.2. The summed E-state index contributed by atoms with van der Waals surface area (Å²) in [5, 5.41) is 18.2. The third-order valence-corrected chi connectivity index (χ3v) is 7.63.